The highest BCUT2D eigenvalue weighted by Gasteiger charge is 2.04. The number of thiophene rings is 1. The van der Waals surface area contributed by atoms with Crippen molar-refractivity contribution in [1.29, 1.82) is 0 Å². The molecule has 1 aromatic carbocycles. The number of hydrogen-bond donors (Lipinski definition) is 1. The van der Waals surface area contributed by atoms with Crippen LogP contribution in [0.15, 0.2) is 29.6 Å². The van der Waals surface area contributed by atoms with Gasteiger partial charge in [0.25, 0.3) is 0 Å². The zero-order valence-corrected chi connectivity index (χ0v) is 14.3. The summed E-state index contributed by atoms with van der Waals surface area (Å²) in [6.07, 6.45) is 0.977. The second kappa shape index (κ2) is 8.93. The normalized spacial score (nSPS) is 10.0. The lowest BCUT2D eigenvalue weighted by atomic mass is 10.1. The Kier molecular flexibility index (Phi) is 7.57. The van der Waals surface area contributed by atoms with Gasteiger partial charge in [-0.05, 0) is 54.6 Å². The molecule has 0 saturated carbocycles. The monoisotopic (exact) mass is 327 g/mol. The molecule has 2 rings (SSSR count). The molecule has 5 heteroatoms. The van der Waals surface area contributed by atoms with Gasteiger partial charge in [-0.25, -0.2) is 0 Å². The largest absolute Gasteiger partial charge is 0.493 e. The number of aryl methyl sites for hydroxylation is 1. The lowest BCUT2D eigenvalue weighted by molar-refractivity contribution is 0.354. The molecule has 116 valence electrons. The molecule has 0 aliphatic heterocycles. The van der Waals surface area contributed by atoms with Crippen molar-refractivity contribution in [2.24, 2.45) is 0 Å². The standard InChI is InChI=1S/C16H21NO2S.ClH/c1-12-7-9-20-16(12)11-17-8-6-13-4-5-14(18-2)15(10-13)19-3;/h4-5,7,9-10,17H,6,8,11H2,1-3H3;1H. The van der Waals surface area contributed by atoms with E-state index in [0.717, 1.165) is 31.0 Å². The molecule has 1 aromatic heterocycles. The topological polar surface area (TPSA) is 30.5 Å². The van der Waals surface area contributed by atoms with E-state index in [4.69, 9.17) is 9.47 Å². The third-order valence-electron chi connectivity index (χ3n) is 3.29. The van der Waals surface area contributed by atoms with E-state index in [0.29, 0.717) is 0 Å². The Labute approximate surface area is 136 Å². The summed E-state index contributed by atoms with van der Waals surface area (Å²) in [5.74, 6) is 1.57. The van der Waals surface area contributed by atoms with Crippen LogP contribution < -0.4 is 14.8 Å². The summed E-state index contributed by atoms with van der Waals surface area (Å²) in [6, 6.07) is 8.24. The second-order valence-corrected chi connectivity index (χ2v) is 5.64. The van der Waals surface area contributed by atoms with Crippen LogP contribution in [0.25, 0.3) is 0 Å². The fraction of sp³-hybridized carbons (Fsp3) is 0.375. The average molecular weight is 328 g/mol. The molecule has 1 N–H and O–H groups in total. The van der Waals surface area contributed by atoms with Crippen LogP contribution >= 0.6 is 23.7 Å². The van der Waals surface area contributed by atoms with E-state index in [1.54, 1.807) is 14.2 Å². The number of ether oxygens (including phenoxy) is 2. The van der Waals surface area contributed by atoms with Gasteiger partial charge in [-0.15, -0.1) is 23.7 Å². The van der Waals surface area contributed by atoms with Gasteiger partial charge in [-0.1, -0.05) is 6.07 Å². The maximum absolute atomic E-state index is 5.31. The van der Waals surface area contributed by atoms with Crippen LogP contribution in [-0.4, -0.2) is 20.8 Å². The van der Waals surface area contributed by atoms with Crippen LogP contribution in [0.5, 0.6) is 11.5 Å². The van der Waals surface area contributed by atoms with Crippen molar-refractivity contribution in [2.75, 3.05) is 20.8 Å². The smallest absolute Gasteiger partial charge is 0.160 e. The number of benzene rings is 1. The molecular formula is C16H22ClNO2S. The van der Waals surface area contributed by atoms with E-state index >= 15 is 0 Å². The zero-order chi connectivity index (χ0) is 14.4. The first kappa shape index (κ1) is 17.8. The Morgan fingerprint density at radius 2 is 1.86 bits per heavy atom. The predicted octanol–water partition coefficient (Wildman–Crippen LogP) is 3.83. The molecule has 0 atom stereocenters. The number of rotatable bonds is 7. The summed E-state index contributed by atoms with van der Waals surface area (Å²) in [5.41, 5.74) is 2.62. The summed E-state index contributed by atoms with van der Waals surface area (Å²) in [4.78, 5) is 1.41. The summed E-state index contributed by atoms with van der Waals surface area (Å²) < 4.78 is 10.6. The van der Waals surface area contributed by atoms with Crippen LogP contribution in [0.3, 0.4) is 0 Å². The fourth-order valence-corrected chi connectivity index (χ4v) is 2.93. The highest BCUT2D eigenvalue weighted by Crippen LogP contribution is 2.27. The quantitative estimate of drug-likeness (QED) is 0.784. The minimum Gasteiger partial charge on any atom is -0.493 e. The van der Waals surface area contributed by atoms with E-state index in [1.807, 2.05) is 23.5 Å². The highest BCUT2D eigenvalue weighted by atomic mass is 35.5. The molecule has 0 amide bonds. The Bertz CT molecular complexity index is 557. The van der Waals surface area contributed by atoms with Crippen molar-refractivity contribution in [3.05, 3.63) is 45.6 Å². The molecule has 21 heavy (non-hydrogen) atoms. The van der Waals surface area contributed by atoms with Crippen LogP contribution in [0, 0.1) is 6.92 Å². The molecule has 0 radical (unpaired) electrons. The maximum Gasteiger partial charge on any atom is 0.160 e. The highest BCUT2D eigenvalue weighted by molar-refractivity contribution is 7.10. The van der Waals surface area contributed by atoms with E-state index in [2.05, 4.69) is 29.8 Å². The minimum atomic E-state index is 0. The third kappa shape index (κ3) is 4.92. The van der Waals surface area contributed by atoms with Gasteiger partial charge in [0, 0.05) is 11.4 Å². The fourth-order valence-electron chi connectivity index (χ4n) is 2.06. The van der Waals surface area contributed by atoms with Crippen molar-refractivity contribution in [1.82, 2.24) is 5.32 Å². The van der Waals surface area contributed by atoms with Crippen LogP contribution in [0.4, 0.5) is 0 Å². The summed E-state index contributed by atoms with van der Waals surface area (Å²) in [6.45, 7) is 4.05. The summed E-state index contributed by atoms with van der Waals surface area (Å²) in [5, 5.41) is 5.62. The molecule has 0 fully saturated rings. The van der Waals surface area contributed by atoms with Gasteiger partial charge >= 0.3 is 0 Å². The molecule has 0 bridgehead atoms. The SMILES string of the molecule is COc1ccc(CCNCc2sccc2C)cc1OC.Cl. The number of methoxy groups -OCH3 is 2. The van der Waals surface area contributed by atoms with Crippen LogP contribution in [0.1, 0.15) is 16.0 Å². The Morgan fingerprint density at radius 3 is 2.48 bits per heavy atom. The lowest BCUT2D eigenvalue weighted by Crippen LogP contribution is -2.16. The number of halogens is 1. The molecule has 0 aliphatic rings. The van der Waals surface area contributed by atoms with E-state index in [9.17, 15) is 0 Å². The molecular weight excluding hydrogens is 306 g/mol. The van der Waals surface area contributed by atoms with Gasteiger partial charge in [-0.3, -0.25) is 0 Å². The Morgan fingerprint density at radius 1 is 1.10 bits per heavy atom. The van der Waals surface area contributed by atoms with E-state index < -0.39 is 0 Å². The van der Waals surface area contributed by atoms with Crippen molar-refractivity contribution in [3.8, 4) is 11.5 Å². The van der Waals surface area contributed by atoms with Crippen LogP contribution in [-0.2, 0) is 13.0 Å². The summed E-state index contributed by atoms with van der Waals surface area (Å²) in [7, 11) is 3.32. The van der Waals surface area contributed by atoms with Gasteiger partial charge in [0.1, 0.15) is 0 Å². The predicted molar refractivity (Wildman–Crippen MR) is 91.3 cm³/mol. The number of hydrogen-bond acceptors (Lipinski definition) is 4. The summed E-state index contributed by atoms with van der Waals surface area (Å²) >= 11 is 1.81. The first-order chi connectivity index (χ1) is 9.74. The second-order valence-electron chi connectivity index (χ2n) is 4.64. The first-order valence-corrected chi connectivity index (χ1v) is 7.57. The Balaban J connectivity index is 0.00000220. The molecule has 0 aliphatic carbocycles. The zero-order valence-electron chi connectivity index (χ0n) is 12.6. The lowest BCUT2D eigenvalue weighted by Gasteiger charge is -2.10. The van der Waals surface area contributed by atoms with Crippen molar-refractivity contribution in [3.63, 3.8) is 0 Å². The Hall–Kier alpha value is -1.23. The molecule has 0 spiro atoms. The van der Waals surface area contributed by atoms with Crippen molar-refractivity contribution in [2.45, 2.75) is 19.9 Å². The molecule has 1 heterocycles. The van der Waals surface area contributed by atoms with Crippen molar-refractivity contribution < 1.29 is 9.47 Å². The minimum absolute atomic E-state index is 0. The van der Waals surface area contributed by atoms with Crippen molar-refractivity contribution >= 4 is 23.7 Å². The molecule has 0 saturated heterocycles. The van der Waals surface area contributed by atoms with Gasteiger partial charge < -0.3 is 14.8 Å². The first-order valence-electron chi connectivity index (χ1n) is 6.69. The van der Waals surface area contributed by atoms with E-state index in [1.165, 1.54) is 16.0 Å². The average Bonchev–Trinajstić information content (AvgIpc) is 2.88. The van der Waals surface area contributed by atoms with Gasteiger partial charge in [0.05, 0.1) is 14.2 Å². The van der Waals surface area contributed by atoms with Gasteiger partial charge in [0.2, 0.25) is 0 Å². The van der Waals surface area contributed by atoms with Gasteiger partial charge in [0.15, 0.2) is 11.5 Å². The molecule has 0 unspecified atom stereocenters. The molecule has 3 nitrogen and oxygen atoms in total. The van der Waals surface area contributed by atoms with E-state index in [-0.39, 0.29) is 12.4 Å². The molecule has 2 aromatic rings. The van der Waals surface area contributed by atoms with Crippen LogP contribution in [0.2, 0.25) is 0 Å². The number of nitrogens with one attached hydrogen (secondary N) is 1. The van der Waals surface area contributed by atoms with Gasteiger partial charge in [-0.2, -0.15) is 0 Å². The maximum atomic E-state index is 5.31. The third-order valence-corrected chi connectivity index (χ3v) is 4.32.